The van der Waals surface area contributed by atoms with E-state index in [1.165, 1.54) is 42.6 Å². The molecule has 0 unspecified atom stereocenters. The number of hydrogen-bond donors (Lipinski definition) is 2. The third kappa shape index (κ3) is 5.67. The van der Waals surface area contributed by atoms with E-state index >= 15 is 0 Å². The molecule has 2 aromatic heterocycles. The summed E-state index contributed by atoms with van der Waals surface area (Å²) in [6, 6.07) is 3.92. The van der Waals surface area contributed by atoms with Crippen LogP contribution in [0.3, 0.4) is 0 Å². The zero-order chi connectivity index (χ0) is 17.5. The number of carbonyl (C=O) groups excluding carboxylic acids is 1. The number of thiazole rings is 1. The van der Waals surface area contributed by atoms with Crippen molar-refractivity contribution in [3.63, 3.8) is 0 Å². The van der Waals surface area contributed by atoms with Crippen molar-refractivity contribution in [2.45, 2.75) is 45.4 Å². The van der Waals surface area contributed by atoms with E-state index in [1.54, 1.807) is 6.20 Å². The highest BCUT2D eigenvalue weighted by Crippen LogP contribution is 2.21. The van der Waals surface area contributed by atoms with Crippen LogP contribution in [0.1, 0.15) is 43.4 Å². The number of nitrogens with zero attached hydrogens (tertiary/aromatic N) is 2. The van der Waals surface area contributed by atoms with Crippen LogP contribution < -0.4 is 10.6 Å². The second-order valence-corrected chi connectivity index (χ2v) is 7.23. The monoisotopic (exact) mass is 356 g/mol. The van der Waals surface area contributed by atoms with E-state index in [-0.39, 0.29) is 5.91 Å². The number of aryl methyl sites for hydroxylation is 1. The van der Waals surface area contributed by atoms with Crippen molar-refractivity contribution in [1.29, 1.82) is 0 Å². The van der Waals surface area contributed by atoms with E-state index in [0.29, 0.717) is 13.0 Å². The largest absolute Gasteiger partial charge is 0.355 e. The van der Waals surface area contributed by atoms with Crippen LogP contribution in [0.5, 0.6) is 0 Å². The van der Waals surface area contributed by atoms with Gasteiger partial charge in [-0.25, -0.2) is 9.97 Å². The summed E-state index contributed by atoms with van der Waals surface area (Å²) < 4.78 is 0. The molecule has 0 saturated heterocycles. The van der Waals surface area contributed by atoms with Crippen LogP contribution in [-0.2, 0) is 11.2 Å². The Labute approximate surface area is 152 Å². The molecule has 3 rings (SSSR count). The van der Waals surface area contributed by atoms with E-state index in [0.717, 1.165) is 28.6 Å². The van der Waals surface area contributed by atoms with Crippen LogP contribution in [0, 0.1) is 6.92 Å². The molecule has 2 aromatic rings. The molecule has 2 heterocycles. The first-order valence-electron chi connectivity index (χ1n) is 8.78. The fourth-order valence-electron chi connectivity index (χ4n) is 2.88. The zero-order valence-electron chi connectivity index (χ0n) is 14.5. The summed E-state index contributed by atoms with van der Waals surface area (Å²) in [6.45, 7) is 2.74. The standard InChI is InChI=1S/C19H24N4OS/c1-14-7-9-20-17(11-14)23-19-22-16(13-25-19)12-18(24)21-10-8-15-5-3-2-4-6-15/h5,7,9,11,13H,2-4,6,8,10,12H2,1H3,(H,21,24)(H,20,22,23). The second kappa shape index (κ2) is 8.76. The highest BCUT2D eigenvalue weighted by atomic mass is 32.1. The van der Waals surface area contributed by atoms with Crippen LogP contribution in [-0.4, -0.2) is 22.4 Å². The molecule has 25 heavy (non-hydrogen) atoms. The highest BCUT2D eigenvalue weighted by molar-refractivity contribution is 7.13. The topological polar surface area (TPSA) is 66.9 Å². The molecule has 0 spiro atoms. The summed E-state index contributed by atoms with van der Waals surface area (Å²) in [5, 5.41) is 8.85. The Balaban J connectivity index is 1.44. The van der Waals surface area contributed by atoms with Crippen molar-refractivity contribution >= 4 is 28.2 Å². The molecule has 0 radical (unpaired) electrons. The number of pyridine rings is 1. The summed E-state index contributed by atoms with van der Waals surface area (Å²) >= 11 is 1.49. The normalized spacial score (nSPS) is 14.0. The predicted molar refractivity (Wildman–Crippen MR) is 102 cm³/mol. The summed E-state index contributed by atoms with van der Waals surface area (Å²) in [6.07, 6.45) is 10.3. The lowest BCUT2D eigenvalue weighted by Gasteiger charge is -2.12. The molecule has 0 fully saturated rings. The van der Waals surface area contributed by atoms with Crippen LogP contribution in [0.25, 0.3) is 0 Å². The molecule has 0 atom stereocenters. The Bertz CT molecular complexity index is 753. The van der Waals surface area contributed by atoms with E-state index in [4.69, 9.17) is 0 Å². The van der Waals surface area contributed by atoms with Gasteiger partial charge in [0.25, 0.3) is 0 Å². The van der Waals surface area contributed by atoms with Gasteiger partial charge in [0.2, 0.25) is 5.91 Å². The van der Waals surface area contributed by atoms with Crippen LogP contribution in [0.15, 0.2) is 35.4 Å². The maximum absolute atomic E-state index is 12.1. The van der Waals surface area contributed by atoms with Crippen molar-refractivity contribution in [3.05, 3.63) is 46.6 Å². The Kier molecular flexibility index (Phi) is 6.17. The number of rotatable bonds is 7. The highest BCUT2D eigenvalue weighted by Gasteiger charge is 2.09. The van der Waals surface area contributed by atoms with Gasteiger partial charge < -0.3 is 10.6 Å². The number of anilines is 2. The van der Waals surface area contributed by atoms with Crippen LogP contribution >= 0.6 is 11.3 Å². The fourth-order valence-corrected chi connectivity index (χ4v) is 3.60. The average molecular weight is 356 g/mol. The Hall–Kier alpha value is -2.21. The Morgan fingerprint density at radius 3 is 3.08 bits per heavy atom. The number of carbonyl (C=O) groups is 1. The first-order valence-corrected chi connectivity index (χ1v) is 9.66. The predicted octanol–water partition coefficient (Wildman–Crippen LogP) is 4.14. The van der Waals surface area contributed by atoms with Gasteiger partial charge in [0.1, 0.15) is 5.82 Å². The SMILES string of the molecule is Cc1ccnc(Nc2nc(CC(=O)NCCC3=CCCCC3)cs2)c1. The first kappa shape index (κ1) is 17.6. The third-order valence-electron chi connectivity index (χ3n) is 4.20. The number of allylic oxidation sites excluding steroid dienone is 1. The van der Waals surface area contributed by atoms with E-state index in [2.05, 4.69) is 26.7 Å². The number of aromatic nitrogens is 2. The summed E-state index contributed by atoms with van der Waals surface area (Å²) in [5.41, 5.74) is 3.41. The second-order valence-electron chi connectivity index (χ2n) is 6.37. The number of amides is 1. The molecule has 0 bridgehead atoms. The number of nitrogens with one attached hydrogen (secondary N) is 2. The minimum absolute atomic E-state index is 0.0296. The van der Waals surface area contributed by atoms with Crippen molar-refractivity contribution in [3.8, 4) is 0 Å². The molecule has 2 N–H and O–H groups in total. The minimum Gasteiger partial charge on any atom is -0.355 e. The van der Waals surface area contributed by atoms with Crippen molar-refractivity contribution in [2.24, 2.45) is 0 Å². The van der Waals surface area contributed by atoms with E-state index in [1.807, 2.05) is 24.4 Å². The maximum atomic E-state index is 12.1. The summed E-state index contributed by atoms with van der Waals surface area (Å²) in [7, 11) is 0. The van der Waals surface area contributed by atoms with Gasteiger partial charge >= 0.3 is 0 Å². The fraction of sp³-hybridized carbons (Fsp3) is 0.421. The van der Waals surface area contributed by atoms with Gasteiger partial charge in [-0.15, -0.1) is 11.3 Å². The molecular weight excluding hydrogens is 332 g/mol. The summed E-state index contributed by atoms with van der Waals surface area (Å²) in [5.74, 6) is 0.799. The van der Waals surface area contributed by atoms with Gasteiger partial charge in [-0.1, -0.05) is 11.6 Å². The van der Waals surface area contributed by atoms with Crippen LogP contribution in [0.4, 0.5) is 10.9 Å². The summed E-state index contributed by atoms with van der Waals surface area (Å²) in [4.78, 5) is 20.8. The van der Waals surface area contributed by atoms with Gasteiger partial charge in [-0.3, -0.25) is 4.79 Å². The lowest BCUT2D eigenvalue weighted by Crippen LogP contribution is -2.26. The van der Waals surface area contributed by atoms with Gasteiger partial charge in [0.15, 0.2) is 5.13 Å². The molecule has 132 valence electrons. The van der Waals surface area contributed by atoms with Crippen LogP contribution in [0.2, 0.25) is 0 Å². The van der Waals surface area contributed by atoms with Gasteiger partial charge in [0, 0.05) is 18.1 Å². The van der Waals surface area contributed by atoms with Gasteiger partial charge in [-0.2, -0.15) is 0 Å². The molecule has 0 saturated carbocycles. The number of hydrogen-bond acceptors (Lipinski definition) is 5. The first-order chi connectivity index (χ1) is 12.2. The molecule has 6 heteroatoms. The zero-order valence-corrected chi connectivity index (χ0v) is 15.4. The maximum Gasteiger partial charge on any atom is 0.226 e. The molecule has 0 aliphatic heterocycles. The van der Waals surface area contributed by atoms with Gasteiger partial charge in [-0.05, 0) is 56.7 Å². The Morgan fingerprint density at radius 1 is 1.36 bits per heavy atom. The molecule has 0 aromatic carbocycles. The molecule has 1 aliphatic carbocycles. The molecule has 1 aliphatic rings. The smallest absolute Gasteiger partial charge is 0.226 e. The van der Waals surface area contributed by atoms with E-state index < -0.39 is 0 Å². The molecule has 1 amide bonds. The van der Waals surface area contributed by atoms with E-state index in [9.17, 15) is 4.79 Å². The van der Waals surface area contributed by atoms with Gasteiger partial charge in [0.05, 0.1) is 12.1 Å². The molecule has 5 nitrogen and oxygen atoms in total. The van der Waals surface area contributed by atoms with Crippen molar-refractivity contribution in [1.82, 2.24) is 15.3 Å². The minimum atomic E-state index is 0.0296. The van der Waals surface area contributed by atoms with Crippen molar-refractivity contribution in [2.75, 3.05) is 11.9 Å². The Morgan fingerprint density at radius 2 is 2.28 bits per heavy atom. The average Bonchev–Trinajstić information content (AvgIpc) is 3.02. The van der Waals surface area contributed by atoms with Crippen molar-refractivity contribution < 1.29 is 4.79 Å². The quantitative estimate of drug-likeness (QED) is 0.732. The lowest BCUT2D eigenvalue weighted by molar-refractivity contribution is -0.120. The third-order valence-corrected chi connectivity index (χ3v) is 5.00. The molecular formula is C19H24N4OS. The lowest BCUT2D eigenvalue weighted by atomic mass is 9.97.